The summed E-state index contributed by atoms with van der Waals surface area (Å²) in [7, 11) is -1.84. The van der Waals surface area contributed by atoms with E-state index in [1.54, 1.807) is 44.8 Å². The van der Waals surface area contributed by atoms with Gasteiger partial charge >= 0.3 is 7.60 Å². The molecule has 0 spiro atoms. The van der Waals surface area contributed by atoms with Crippen LogP contribution >= 0.6 is 19.2 Å². The Balaban J connectivity index is 1.92. The molecule has 2 atom stereocenters. The molecule has 0 aromatic carbocycles. The third-order valence-electron chi connectivity index (χ3n) is 4.78. The molecule has 0 saturated heterocycles. The van der Waals surface area contributed by atoms with Crippen LogP contribution in [0.25, 0.3) is 11.0 Å². The highest BCUT2D eigenvalue weighted by atomic mass is 35.5. The van der Waals surface area contributed by atoms with Crippen molar-refractivity contribution in [3.63, 3.8) is 0 Å². The Kier molecular flexibility index (Phi) is 7.39. The topological polar surface area (TPSA) is 128 Å². The van der Waals surface area contributed by atoms with Gasteiger partial charge in [0.15, 0.2) is 11.5 Å². The number of aliphatic hydroxyl groups excluding tert-OH is 2. The Labute approximate surface area is 185 Å². The molecule has 10 nitrogen and oxygen atoms in total. The predicted octanol–water partition coefficient (Wildman–Crippen LogP) is 4.32. The van der Waals surface area contributed by atoms with Crippen molar-refractivity contribution in [1.82, 2.24) is 14.5 Å². The van der Waals surface area contributed by atoms with E-state index >= 15 is 0 Å². The van der Waals surface area contributed by atoms with Crippen LogP contribution in [-0.4, -0.2) is 63.7 Å². The van der Waals surface area contributed by atoms with E-state index < -0.39 is 19.7 Å². The second-order valence-electron chi connectivity index (χ2n) is 6.89. The normalized spacial score (nSPS) is 19.9. The highest BCUT2D eigenvalue weighted by Crippen LogP contribution is 2.49. The average Bonchev–Trinajstić information content (AvgIpc) is 3.19. The molecule has 0 aliphatic heterocycles. The number of aryl methyl sites for hydroxylation is 1. The summed E-state index contributed by atoms with van der Waals surface area (Å²) < 4.78 is 30.4. The van der Waals surface area contributed by atoms with Crippen molar-refractivity contribution in [1.29, 1.82) is 0 Å². The van der Waals surface area contributed by atoms with Crippen LogP contribution in [0.15, 0.2) is 22.7 Å². The number of hydrogen-bond acceptors (Lipinski definition) is 9. The molecule has 2 N–H and O–H groups in total. The van der Waals surface area contributed by atoms with Crippen LogP contribution in [0.5, 0.6) is 0 Å². The van der Waals surface area contributed by atoms with E-state index in [4.69, 9.17) is 25.4 Å². The van der Waals surface area contributed by atoms with E-state index in [0.717, 1.165) is 0 Å². The molecule has 0 amide bonds. The predicted molar refractivity (Wildman–Crippen MR) is 117 cm³/mol. The minimum Gasteiger partial charge on any atom is -0.507 e. The second kappa shape index (κ2) is 9.67. The lowest BCUT2D eigenvalue weighted by atomic mass is 10.2. The number of nitrogens with zero attached hydrogens (tertiary/aromatic N) is 4. The van der Waals surface area contributed by atoms with Crippen LogP contribution in [0.4, 0.5) is 0 Å². The highest BCUT2D eigenvalue weighted by Gasteiger charge is 2.39. The number of allylic oxidation sites excluding steroid dienone is 1. The van der Waals surface area contributed by atoms with Crippen LogP contribution in [0.1, 0.15) is 37.7 Å². The lowest BCUT2D eigenvalue weighted by Crippen LogP contribution is -2.17. The van der Waals surface area contributed by atoms with Gasteiger partial charge in [0.05, 0.1) is 24.6 Å². The van der Waals surface area contributed by atoms with Crippen LogP contribution in [0.2, 0.25) is 5.15 Å². The number of rotatable bonds is 9. The smallest absolute Gasteiger partial charge is 0.356 e. The molecule has 0 bridgehead atoms. The third-order valence-corrected chi connectivity index (χ3v) is 6.82. The molecule has 0 radical (unpaired) electrons. The minimum absolute atomic E-state index is 0.184. The zero-order valence-corrected chi connectivity index (χ0v) is 19.4. The van der Waals surface area contributed by atoms with Gasteiger partial charge in [0.25, 0.3) is 0 Å². The number of aliphatic imine (C=N–C) groups is 1. The average molecular weight is 473 g/mol. The SMILES string of the molecule is CCOP(=O)(CO[C@H]1C[C@@H](n2cc(C=NC)c3c(Cl)nc(C)nc32)C(O)=C1O)OCC. The summed E-state index contributed by atoms with van der Waals surface area (Å²) in [5.74, 6) is -0.143. The summed E-state index contributed by atoms with van der Waals surface area (Å²) >= 11 is 6.34. The summed E-state index contributed by atoms with van der Waals surface area (Å²) in [6.07, 6.45) is 2.30. The lowest BCUT2D eigenvalue weighted by Gasteiger charge is -2.20. The Morgan fingerprint density at radius 3 is 2.58 bits per heavy atom. The van der Waals surface area contributed by atoms with Gasteiger partial charge in [0.2, 0.25) is 0 Å². The Hall–Kier alpha value is -1.97. The fraction of sp³-hybridized carbons (Fsp3) is 0.526. The first-order valence-corrected chi connectivity index (χ1v) is 11.9. The van der Waals surface area contributed by atoms with E-state index in [9.17, 15) is 14.8 Å². The Morgan fingerprint density at radius 1 is 1.29 bits per heavy atom. The van der Waals surface area contributed by atoms with Crippen LogP contribution < -0.4 is 0 Å². The maximum atomic E-state index is 12.7. The number of fused-ring (bicyclic) bond motifs is 1. The van der Waals surface area contributed by atoms with E-state index in [-0.39, 0.29) is 42.7 Å². The highest BCUT2D eigenvalue weighted by molar-refractivity contribution is 7.53. The molecule has 0 fully saturated rings. The summed E-state index contributed by atoms with van der Waals surface area (Å²) in [4.78, 5) is 12.7. The maximum Gasteiger partial charge on any atom is 0.356 e. The van der Waals surface area contributed by atoms with Crippen LogP contribution in [0, 0.1) is 6.92 Å². The second-order valence-corrected chi connectivity index (χ2v) is 9.25. The van der Waals surface area contributed by atoms with Crippen molar-refractivity contribution in [2.75, 3.05) is 26.6 Å². The molecule has 1 aliphatic rings. The van der Waals surface area contributed by atoms with Crippen molar-refractivity contribution in [3.05, 3.63) is 34.3 Å². The van der Waals surface area contributed by atoms with Gasteiger partial charge in [-0.1, -0.05) is 11.6 Å². The van der Waals surface area contributed by atoms with Crippen LogP contribution in [0.3, 0.4) is 0 Å². The lowest BCUT2D eigenvalue weighted by molar-refractivity contribution is 0.0604. The van der Waals surface area contributed by atoms with Crippen molar-refractivity contribution >= 4 is 36.4 Å². The Bertz CT molecular complexity index is 1060. The summed E-state index contributed by atoms with van der Waals surface area (Å²) in [6, 6.07) is -0.671. The first-order valence-electron chi connectivity index (χ1n) is 9.83. The standard InChI is InChI=1S/C19H26ClN4O6P/c1-5-29-31(27,30-6-2)10-28-14-7-13(16(25)17(14)26)24-9-12(8-21-4)15-18(20)22-11(3)23-19(15)24/h8-9,13-14,25-26H,5-7,10H2,1-4H3/t13-,14+/m1/s1. The van der Waals surface area contributed by atoms with Gasteiger partial charge in [-0.25, -0.2) is 9.97 Å². The number of aromatic nitrogens is 3. The number of aliphatic hydroxyl groups is 2. The van der Waals surface area contributed by atoms with E-state index in [2.05, 4.69) is 15.0 Å². The van der Waals surface area contributed by atoms with Gasteiger partial charge in [-0.2, -0.15) is 0 Å². The molecule has 2 heterocycles. The molecule has 0 unspecified atom stereocenters. The van der Waals surface area contributed by atoms with Crippen molar-refractivity contribution < 1.29 is 28.6 Å². The molecule has 3 rings (SSSR count). The van der Waals surface area contributed by atoms with Gasteiger partial charge in [-0.15, -0.1) is 0 Å². The monoisotopic (exact) mass is 472 g/mol. The summed E-state index contributed by atoms with van der Waals surface area (Å²) in [6.45, 7) is 5.49. The van der Waals surface area contributed by atoms with Crippen molar-refractivity contribution in [3.8, 4) is 0 Å². The molecule has 2 aromatic heterocycles. The number of ether oxygens (including phenoxy) is 1. The molecule has 2 aromatic rings. The molecular weight excluding hydrogens is 447 g/mol. The van der Waals surface area contributed by atoms with Gasteiger partial charge in [-0.05, 0) is 20.8 Å². The fourth-order valence-electron chi connectivity index (χ4n) is 3.55. The molecule has 31 heavy (non-hydrogen) atoms. The van der Waals surface area contributed by atoms with E-state index in [0.29, 0.717) is 22.4 Å². The van der Waals surface area contributed by atoms with E-state index in [1.165, 1.54) is 0 Å². The maximum absolute atomic E-state index is 12.7. The van der Waals surface area contributed by atoms with Gasteiger partial charge in [0.1, 0.15) is 29.1 Å². The molecular formula is C19H26ClN4O6P. The molecule has 170 valence electrons. The molecule has 12 heteroatoms. The minimum atomic E-state index is -3.47. The zero-order valence-electron chi connectivity index (χ0n) is 17.8. The summed E-state index contributed by atoms with van der Waals surface area (Å²) in [5.41, 5.74) is 1.17. The zero-order chi connectivity index (χ0) is 22.8. The Morgan fingerprint density at radius 2 is 1.97 bits per heavy atom. The van der Waals surface area contributed by atoms with Gasteiger partial charge < -0.3 is 28.6 Å². The van der Waals surface area contributed by atoms with E-state index in [1.807, 2.05) is 0 Å². The number of halogens is 1. The van der Waals surface area contributed by atoms with Crippen LogP contribution in [-0.2, 0) is 18.3 Å². The molecule has 0 saturated carbocycles. The number of hydrogen-bond donors (Lipinski definition) is 2. The third kappa shape index (κ3) is 4.78. The van der Waals surface area contributed by atoms with Crippen molar-refractivity contribution in [2.45, 2.75) is 39.3 Å². The first kappa shape index (κ1) is 23.7. The first-order chi connectivity index (χ1) is 14.7. The van der Waals surface area contributed by atoms with Gasteiger partial charge in [0, 0.05) is 31.4 Å². The quantitative estimate of drug-likeness (QED) is 0.313. The van der Waals surface area contributed by atoms with Crippen molar-refractivity contribution in [2.24, 2.45) is 4.99 Å². The molecule has 1 aliphatic carbocycles. The fourth-order valence-corrected chi connectivity index (χ4v) is 5.24. The largest absolute Gasteiger partial charge is 0.507 e. The summed E-state index contributed by atoms with van der Waals surface area (Å²) in [5, 5.41) is 22.0. The van der Waals surface area contributed by atoms with Gasteiger partial charge in [-0.3, -0.25) is 9.56 Å².